The zero-order valence-electron chi connectivity index (χ0n) is 14.7. The van der Waals surface area contributed by atoms with Gasteiger partial charge < -0.3 is 16.0 Å². The van der Waals surface area contributed by atoms with Crippen molar-refractivity contribution in [3.63, 3.8) is 0 Å². The van der Waals surface area contributed by atoms with Gasteiger partial charge >= 0.3 is 0 Å². The summed E-state index contributed by atoms with van der Waals surface area (Å²) in [5.74, 6) is 1.86. The average Bonchev–Trinajstić information content (AvgIpc) is 2.54. The normalized spacial score (nSPS) is 10.4. The first-order valence-corrected chi connectivity index (χ1v) is 8.11. The molecule has 134 valence electrons. The van der Waals surface area contributed by atoms with Crippen LogP contribution in [-0.4, -0.2) is 45.1 Å². The minimum Gasteiger partial charge on any atom is -0.370 e. The minimum absolute atomic E-state index is 0.0523. The van der Waals surface area contributed by atoms with Crippen molar-refractivity contribution >= 4 is 17.5 Å². The number of hydrogen-bond donors (Lipinski definition) is 3. The van der Waals surface area contributed by atoms with Crippen molar-refractivity contribution in [2.24, 2.45) is 0 Å². The molecule has 2 heterocycles. The third kappa shape index (κ3) is 5.87. The molecule has 25 heavy (non-hydrogen) atoms. The summed E-state index contributed by atoms with van der Waals surface area (Å²) in [6.07, 6.45) is 1.38. The van der Waals surface area contributed by atoms with Crippen molar-refractivity contribution in [1.82, 2.24) is 24.8 Å². The zero-order valence-corrected chi connectivity index (χ0v) is 14.7. The van der Waals surface area contributed by atoms with Gasteiger partial charge in [-0.15, -0.1) is 0 Å². The molecule has 0 radical (unpaired) electrons. The van der Waals surface area contributed by atoms with Crippen LogP contribution in [0.4, 0.5) is 11.6 Å². The van der Waals surface area contributed by atoms with Crippen LogP contribution in [-0.2, 0) is 11.3 Å². The quantitative estimate of drug-likeness (QED) is 0.590. The predicted octanol–water partition coefficient (Wildman–Crippen LogP) is 0.310. The number of nitrogens with zero attached hydrogens (tertiary/aromatic N) is 4. The second-order valence-electron chi connectivity index (χ2n) is 5.49. The molecule has 0 saturated carbocycles. The summed E-state index contributed by atoms with van der Waals surface area (Å²) < 4.78 is 1.27. The molecule has 2 aromatic heterocycles. The van der Waals surface area contributed by atoms with Gasteiger partial charge in [0.1, 0.15) is 24.0 Å². The molecule has 0 aromatic carbocycles. The van der Waals surface area contributed by atoms with E-state index < -0.39 is 0 Å². The minimum atomic E-state index is -0.248. The molecule has 9 nitrogen and oxygen atoms in total. The van der Waals surface area contributed by atoms with Crippen molar-refractivity contribution in [2.45, 2.75) is 27.3 Å². The van der Waals surface area contributed by atoms with Gasteiger partial charge in [0.25, 0.3) is 5.56 Å². The number of rotatable bonds is 8. The summed E-state index contributed by atoms with van der Waals surface area (Å²) in [6.45, 7) is 7.19. The third-order valence-electron chi connectivity index (χ3n) is 3.28. The second-order valence-corrected chi connectivity index (χ2v) is 5.49. The highest BCUT2D eigenvalue weighted by atomic mass is 16.2. The molecule has 2 rings (SSSR count). The molecule has 9 heteroatoms. The van der Waals surface area contributed by atoms with Crippen molar-refractivity contribution in [2.75, 3.05) is 30.3 Å². The van der Waals surface area contributed by atoms with Gasteiger partial charge in [0.2, 0.25) is 5.91 Å². The van der Waals surface area contributed by atoms with Gasteiger partial charge in [0.15, 0.2) is 0 Å². The molecule has 0 unspecified atom stereocenters. The van der Waals surface area contributed by atoms with Gasteiger partial charge in [-0.05, 0) is 20.8 Å². The Hall–Kier alpha value is -2.97. The first-order valence-electron chi connectivity index (χ1n) is 8.11. The van der Waals surface area contributed by atoms with Crippen molar-refractivity contribution in [3.8, 4) is 0 Å². The number of anilines is 2. The van der Waals surface area contributed by atoms with Crippen LogP contribution < -0.4 is 21.5 Å². The van der Waals surface area contributed by atoms with Crippen LogP contribution in [0.15, 0.2) is 23.3 Å². The first-order chi connectivity index (χ1) is 12.0. The molecule has 0 aliphatic rings. The van der Waals surface area contributed by atoms with E-state index in [1.807, 2.05) is 19.9 Å². The summed E-state index contributed by atoms with van der Waals surface area (Å²) >= 11 is 0. The lowest BCUT2D eigenvalue weighted by Crippen LogP contribution is -2.34. The summed E-state index contributed by atoms with van der Waals surface area (Å²) in [6, 6.07) is 3.21. The molecule has 0 bridgehead atoms. The summed E-state index contributed by atoms with van der Waals surface area (Å²) in [5, 5.41) is 9.02. The summed E-state index contributed by atoms with van der Waals surface area (Å²) in [7, 11) is 0. The number of hydrogen-bond acceptors (Lipinski definition) is 7. The molecular formula is C16H23N7O2. The van der Waals surface area contributed by atoms with Gasteiger partial charge in [-0.1, -0.05) is 0 Å². The molecule has 0 atom stereocenters. The number of nitrogens with one attached hydrogen (secondary N) is 3. The third-order valence-corrected chi connectivity index (χ3v) is 3.28. The Labute approximate surface area is 145 Å². The molecule has 2 aromatic rings. The van der Waals surface area contributed by atoms with E-state index in [0.29, 0.717) is 30.4 Å². The molecule has 0 spiro atoms. The Balaban J connectivity index is 1.79. The van der Waals surface area contributed by atoms with E-state index in [9.17, 15) is 9.59 Å². The molecule has 1 amide bonds. The number of carbonyl (C=O) groups is 1. The van der Waals surface area contributed by atoms with Crippen molar-refractivity contribution in [1.29, 1.82) is 0 Å². The van der Waals surface area contributed by atoms with Gasteiger partial charge in [-0.3, -0.25) is 14.2 Å². The van der Waals surface area contributed by atoms with E-state index in [1.54, 1.807) is 6.92 Å². The second kappa shape index (κ2) is 8.76. The Kier molecular flexibility index (Phi) is 6.44. The standard InChI is InChI=1S/C16H23N7O2/c1-4-17-13-8-14(22-12(3)21-13)18-5-6-19-15(24)9-23-10-20-11(2)7-16(23)25/h7-8,10H,4-6,9H2,1-3H3,(H,19,24)(H2,17,18,21,22). The monoisotopic (exact) mass is 345 g/mol. The van der Waals surface area contributed by atoms with Gasteiger partial charge in [0, 0.05) is 37.5 Å². The molecule has 0 saturated heterocycles. The van der Waals surface area contributed by atoms with Crippen LogP contribution in [0.5, 0.6) is 0 Å². The summed E-state index contributed by atoms with van der Waals surface area (Å²) in [4.78, 5) is 36.2. The highest BCUT2D eigenvalue weighted by Gasteiger charge is 2.05. The lowest BCUT2D eigenvalue weighted by molar-refractivity contribution is -0.121. The van der Waals surface area contributed by atoms with E-state index in [0.717, 1.165) is 12.4 Å². The number of aryl methyl sites for hydroxylation is 2. The molecule has 0 fully saturated rings. The van der Waals surface area contributed by atoms with Gasteiger partial charge in [-0.25, -0.2) is 15.0 Å². The lowest BCUT2D eigenvalue weighted by atomic mass is 10.4. The van der Waals surface area contributed by atoms with E-state index in [4.69, 9.17) is 0 Å². The Bertz CT molecular complexity index is 788. The predicted molar refractivity (Wildman–Crippen MR) is 95.7 cm³/mol. The fourth-order valence-corrected chi connectivity index (χ4v) is 2.17. The smallest absolute Gasteiger partial charge is 0.253 e. The fourth-order valence-electron chi connectivity index (χ4n) is 2.17. The largest absolute Gasteiger partial charge is 0.370 e. The highest BCUT2D eigenvalue weighted by Crippen LogP contribution is 2.10. The van der Waals surface area contributed by atoms with Crippen LogP contribution in [0.25, 0.3) is 0 Å². The van der Waals surface area contributed by atoms with Crippen molar-refractivity contribution < 1.29 is 4.79 Å². The van der Waals surface area contributed by atoms with E-state index in [2.05, 4.69) is 30.9 Å². The fraction of sp³-hybridized carbons (Fsp3) is 0.438. The van der Waals surface area contributed by atoms with Crippen LogP contribution in [0, 0.1) is 13.8 Å². The number of amides is 1. The Morgan fingerprint density at radius 2 is 1.84 bits per heavy atom. The summed E-state index contributed by atoms with van der Waals surface area (Å²) in [5.41, 5.74) is 0.385. The van der Waals surface area contributed by atoms with Crippen LogP contribution in [0.2, 0.25) is 0 Å². The Morgan fingerprint density at radius 1 is 1.12 bits per heavy atom. The van der Waals surface area contributed by atoms with Crippen LogP contribution >= 0.6 is 0 Å². The molecule has 0 aliphatic carbocycles. The Morgan fingerprint density at radius 3 is 2.52 bits per heavy atom. The van der Waals surface area contributed by atoms with Gasteiger partial charge in [-0.2, -0.15) is 0 Å². The van der Waals surface area contributed by atoms with Gasteiger partial charge in [0.05, 0.1) is 6.33 Å². The maximum Gasteiger partial charge on any atom is 0.253 e. The SMILES string of the molecule is CCNc1cc(NCCNC(=O)Cn2cnc(C)cc2=O)nc(C)n1. The molecule has 0 aliphatic heterocycles. The topological polar surface area (TPSA) is 114 Å². The zero-order chi connectivity index (χ0) is 18.2. The maximum atomic E-state index is 11.9. The number of aromatic nitrogens is 4. The highest BCUT2D eigenvalue weighted by molar-refractivity contribution is 5.75. The van der Waals surface area contributed by atoms with Crippen LogP contribution in [0.3, 0.4) is 0 Å². The number of carbonyl (C=O) groups excluding carboxylic acids is 1. The van der Waals surface area contributed by atoms with E-state index in [1.165, 1.54) is 17.0 Å². The molecular weight excluding hydrogens is 322 g/mol. The van der Waals surface area contributed by atoms with E-state index in [-0.39, 0.29) is 18.0 Å². The van der Waals surface area contributed by atoms with Crippen molar-refractivity contribution in [3.05, 3.63) is 40.3 Å². The average molecular weight is 345 g/mol. The van der Waals surface area contributed by atoms with Crippen LogP contribution in [0.1, 0.15) is 18.4 Å². The lowest BCUT2D eigenvalue weighted by Gasteiger charge is -2.10. The van der Waals surface area contributed by atoms with E-state index >= 15 is 0 Å². The molecule has 3 N–H and O–H groups in total. The first kappa shape index (κ1) is 18.4. The maximum absolute atomic E-state index is 11.9.